The molecule has 19 heavy (non-hydrogen) atoms. The first-order chi connectivity index (χ1) is 9.24. The molecule has 1 unspecified atom stereocenters. The number of para-hydroxylation sites is 1. The average molecular weight is 283 g/mol. The summed E-state index contributed by atoms with van der Waals surface area (Å²) in [5, 5.41) is 0. The van der Waals surface area contributed by atoms with Crippen molar-refractivity contribution in [2.24, 2.45) is 0 Å². The minimum atomic E-state index is -2.49. The Balaban J connectivity index is 2.26. The van der Waals surface area contributed by atoms with Gasteiger partial charge in [0.05, 0.1) is 0 Å². The van der Waals surface area contributed by atoms with Crippen LogP contribution in [0.5, 0.6) is 5.75 Å². The Labute approximate surface area is 118 Å². The smallest absolute Gasteiger partial charge is 0.142 e. The lowest BCUT2D eigenvalue weighted by atomic mass is 10.0. The molecule has 0 aliphatic rings. The van der Waals surface area contributed by atoms with E-state index in [0.717, 1.165) is 18.4 Å². The standard InChI is InChI=1S/C15H24O3S/c1-2-3-4-5-6-7-8-11-14-12-9-10-13-15(14)18-19(16)17/h9-10,12-13H,2-8,11H2,1H3,(H,16,17)/p-1. The van der Waals surface area contributed by atoms with E-state index in [1.165, 1.54) is 38.5 Å². The van der Waals surface area contributed by atoms with E-state index in [1.54, 1.807) is 12.1 Å². The lowest BCUT2D eigenvalue weighted by Crippen LogP contribution is -2.01. The van der Waals surface area contributed by atoms with Gasteiger partial charge >= 0.3 is 0 Å². The molecule has 0 heterocycles. The fraction of sp³-hybridized carbons (Fsp3) is 0.600. The van der Waals surface area contributed by atoms with E-state index in [4.69, 9.17) is 4.18 Å². The second-order valence-electron chi connectivity index (χ2n) is 4.77. The first-order valence-corrected chi connectivity index (χ1v) is 8.09. The van der Waals surface area contributed by atoms with Crippen LogP contribution in [-0.4, -0.2) is 8.76 Å². The van der Waals surface area contributed by atoms with Gasteiger partial charge in [0.1, 0.15) is 17.1 Å². The maximum atomic E-state index is 10.6. The zero-order valence-corrected chi connectivity index (χ0v) is 12.4. The van der Waals surface area contributed by atoms with Gasteiger partial charge in [-0.05, 0) is 24.5 Å². The van der Waals surface area contributed by atoms with E-state index < -0.39 is 11.4 Å². The molecule has 108 valence electrons. The quantitative estimate of drug-likeness (QED) is 0.478. The lowest BCUT2D eigenvalue weighted by molar-refractivity contribution is 0.437. The molecule has 0 aromatic heterocycles. The summed E-state index contributed by atoms with van der Waals surface area (Å²) in [6.07, 6.45) is 9.64. The lowest BCUT2D eigenvalue weighted by Gasteiger charge is -2.11. The monoisotopic (exact) mass is 283 g/mol. The Morgan fingerprint density at radius 3 is 2.37 bits per heavy atom. The molecule has 0 aliphatic carbocycles. The van der Waals surface area contributed by atoms with Crippen molar-refractivity contribution >= 4 is 11.4 Å². The molecule has 0 aliphatic heterocycles. The van der Waals surface area contributed by atoms with Crippen LogP contribution in [-0.2, 0) is 17.8 Å². The van der Waals surface area contributed by atoms with Crippen molar-refractivity contribution in [1.82, 2.24) is 0 Å². The highest BCUT2D eigenvalue weighted by Gasteiger charge is 2.03. The van der Waals surface area contributed by atoms with Crippen molar-refractivity contribution in [2.75, 3.05) is 0 Å². The molecule has 1 atom stereocenters. The minimum absolute atomic E-state index is 0.460. The number of hydrogen-bond donors (Lipinski definition) is 0. The molecule has 0 radical (unpaired) electrons. The van der Waals surface area contributed by atoms with Crippen LogP contribution in [0.15, 0.2) is 24.3 Å². The molecule has 0 amide bonds. The Hall–Kier alpha value is -0.870. The van der Waals surface area contributed by atoms with Gasteiger partial charge in [0, 0.05) is 0 Å². The molecule has 3 nitrogen and oxygen atoms in total. The van der Waals surface area contributed by atoms with Gasteiger partial charge < -0.3 is 8.74 Å². The molecule has 0 spiro atoms. The number of benzene rings is 1. The maximum absolute atomic E-state index is 10.6. The average Bonchev–Trinajstić information content (AvgIpc) is 2.39. The van der Waals surface area contributed by atoms with Crippen LogP contribution in [0, 0.1) is 0 Å². The summed E-state index contributed by atoms with van der Waals surface area (Å²) in [7, 11) is 0. The first-order valence-electron chi connectivity index (χ1n) is 7.09. The van der Waals surface area contributed by atoms with Gasteiger partial charge in [-0.25, -0.2) is 4.21 Å². The van der Waals surface area contributed by atoms with E-state index in [1.807, 2.05) is 12.1 Å². The highest BCUT2D eigenvalue weighted by molar-refractivity contribution is 7.74. The van der Waals surface area contributed by atoms with Crippen LogP contribution in [0.1, 0.15) is 57.4 Å². The Morgan fingerprint density at radius 1 is 1.05 bits per heavy atom. The van der Waals surface area contributed by atoms with E-state index in [9.17, 15) is 8.76 Å². The van der Waals surface area contributed by atoms with Crippen LogP contribution in [0.3, 0.4) is 0 Å². The van der Waals surface area contributed by atoms with E-state index in [2.05, 4.69) is 6.92 Å². The maximum Gasteiger partial charge on any atom is 0.142 e. The van der Waals surface area contributed by atoms with Crippen LogP contribution in [0.2, 0.25) is 0 Å². The number of unbranched alkanes of at least 4 members (excludes halogenated alkanes) is 6. The second-order valence-corrected chi connectivity index (χ2v) is 5.34. The minimum Gasteiger partial charge on any atom is -0.740 e. The van der Waals surface area contributed by atoms with E-state index >= 15 is 0 Å². The van der Waals surface area contributed by atoms with Gasteiger partial charge in [-0.3, -0.25) is 0 Å². The van der Waals surface area contributed by atoms with Gasteiger partial charge in [0.25, 0.3) is 0 Å². The van der Waals surface area contributed by atoms with Gasteiger partial charge in [-0.1, -0.05) is 63.6 Å². The number of aryl methyl sites for hydroxylation is 1. The van der Waals surface area contributed by atoms with Gasteiger partial charge in [0.15, 0.2) is 0 Å². The zero-order valence-electron chi connectivity index (χ0n) is 11.6. The molecule has 0 N–H and O–H groups in total. The summed E-state index contributed by atoms with van der Waals surface area (Å²) >= 11 is -2.49. The SMILES string of the molecule is CCCCCCCCCc1ccccc1OS(=O)[O-]. The van der Waals surface area contributed by atoms with Crippen molar-refractivity contribution in [1.29, 1.82) is 0 Å². The zero-order chi connectivity index (χ0) is 13.9. The predicted molar refractivity (Wildman–Crippen MR) is 77.7 cm³/mol. The summed E-state index contributed by atoms with van der Waals surface area (Å²) in [6, 6.07) is 7.33. The fourth-order valence-corrected chi connectivity index (χ4v) is 2.45. The highest BCUT2D eigenvalue weighted by Crippen LogP contribution is 2.21. The fourth-order valence-electron chi connectivity index (χ4n) is 2.14. The molecule has 0 saturated heterocycles. The van der Waals surface area contributed by atoms with Crippen molar-refractivity contribution < 1.29 is 12.9 Å². The summed E-state index contributed by atoms with van der Waals surface area (Å²) in [4.78, 5) is 0. The Kier molecular flexibility index (Phi) is 8.50. The van der Waals surface area contributed by atoms with Crippen molar-refractivity contribution in [3.05, 3.63) is 29.8 Å². The molecule has 4 heteroatoms. The second kappa shape index (κ2) is 9.98. The topological polar surface area (TPSA) is 49.4 Å². The van der Waals surface area contributed by atoms with Crippen LogP contribution >= 0.6 is 0 Å². The largest absolute Gasteiger partial charge is 0.740 e. The summed E-state index contributed by atoms with van der Waals surface area (Å²) in [6.45, 7) is 2.22. The van der Waals surface area contributed by atoms with Crippen molar-refractivity contribution in [3.8, 4) is 5.75 Å². The van der Waals surface area contributed by atoms with Gasteiger partial charge in [0.2, 0.25) is 0 Å². The third kappa shape index (κ3) is 7.33. The molecule has 1 aromatic carbocycles. The Bertz CT molecular complexity index is 379. The predicted octanol–water partition coefficient (Wildman–Crippen LogP) is 4.15. The molecule has 1 rings (SSSR count). The Morgan fingerprint density at radius 2 is 1.68 bits per heavy atom. The summed E-state index contributed by atoms with van der Waals surface area (Å²) < 4.78 is 25.9. The van der Waals surface area contributed by atoms with E-state index in [0.29, 0.717) is 5.75 Å². The van der Waals surface area contributed by atoms with Crippen molar-refractivity contribution in [2.45, 2.75) is 58.3 Å². The number of rotatable bonds is 10. The van der Waals surface area contributed by atoms with Gasteiger partial charge in [-0.15, -0.1) is 0 Å². The molecular weight excluding hydrogens is 260 g/mol. The van der Waals surface area contributed by atoms with Crippen LogP contribution < -0.4 is 4.18 Å². The summed E-state index contributed by atoms with van der Waals surface area (Å²) in [5.41, 5.74) is 0.972. The van der Waals surface area contributed by atoms with Crippen molar-refractivity contribution in [3.63, 3.8) is 0 Å². The van der Waals surface area contributed by atoms with E-state index in [-0.39, 0.29) is 0 Å². The van der Waals surface area contributed by atoms with Crippen LogP contribution in [0.25, 0.3) is 0 Å². The summed E-state index contributed by atoms with van der Waals surface area (Å²) in [5.74, 6) is 0.460. The van der Waals surface area contributed by atoms with Gasteiger partial charge in [-0.2, -0.15) is 0 Å². The molecule has 0 fully saturated rings. The number of hydrogen-bond acceptors (Lipinski definition) is 3. The normalized spacial score (nSPS) is 12.3. The highest BCUT2D eigenvalue weighted by atomic mass is 32.2. The molecule has 0 bridgehead atoms. The molecule has 0 saturated carbocycles. The molecule has 1 aromatic rings. The molecular formula is C15H23O3S-. The first kappa shape index (κ1) is 16.2. The third-order valence-electron chi connectivity index (χ3n) is 3.18. The van der Waals surface area contributed by atoms with Crippen LogP contribution in [0.4, 0.5) is 0 Å². The third-order valence-corrected chi connectivity index (χ3v) is 3.50.